The Morgan fingerprint density at radius 3 is 2.41 bits per heavy atom. The van der Waals surface area contributed by atoms with Crippen LogP contribution in [-0.4, -0.2) is 27.1 Å². The smallest absolute Gasteiger partial charge is 0.328 e. The maximum Gasteiger partial charge on any atom is 0.328 e. The van der Waals surface area contributed by atoms with Crippen LogP contribution in [0, 0.1) is 11.3 Å². The molecule has 0 atom stereocenters. The Morgan fingerprint density at radius 2 is 1.69 bits per heavy atom. The molecule has 0 aliphatic rings. The second-order valence-electron chi connectivity index (χ2n) is 8.90. The summed E-state index contributed by atoms with van der Waals surface area (Å²) in [5.74, 6) is 1.08. The van der Waals surface area contributed by atoms with Gasteiger partial charge in [0.15, 0.2) is 10.8 Å². The van der Waals surface area contributed by atoms with Crippen molar-refractivity contribution in [2.45, 2.75) is 11.6 Å². The average molecular weight is 545 g/mol. The highest BCUT2D eigenvalue weighted by Crippen LogP contribution is 2.36. The highest BCUT2D eigenvalue weighted by atomic mass is 32.2. The summed E-state index contributed by atoms with van der Waals surface area (Å²) in [6.07, 6.45) is 2.77. The lowest BCUT2D eigenvalue weighted by Gasteiger charge is -2.15. The molecular weight excluding hydrogens is 520 g/mol. The summed E-state index contributed by atoms with van der Waals surface area (Å²) in [5.41, 5.74) is 2.32. The fraction of sp³-hybridized carbons (Fsp3) is 0.148. The Labute approximate surface area is 224 Å². The van der Waals surface area contributed by atoms with Crippen molar-refractivity contribution >= 4 is 26.7 Å². The van der Waals surface area contributed by atoms with Crippen LogP contribution in [0.3, 0.4) is 0 Å². The number of hydrogen-bond donors (Lipinski definition) is 1. The van der Waals surface area contributed by atoms with Crippen LogP contribution in [0.15, 0.2) is 83.0 Å². The molecule has 3 aromatic carbocycles. The first-order valence-corrected chi connectivity index (χ1v) is 13.2. The highest BCUT2D eigenvalue weighted by Gasteiger charge is 2.22. The number of benzene rings is 3. The molecular formula is C27H24N6O5S. The number of ether oxygens (including phenoxy) is 2. The third-order valence-electron chi connectivity index (χ3n) is 6.07. The van der Waals surface area contributed by atoms with E-state index in [0.717, 1.165) is 5.56 Å². The molecule has 1 N–H and O–H groups in total. The van der Waals surface area contributed by atoms with Crippen LogP contribution in [0.1, 0.15) is 11.1 Å². The van der Waals surface area contributed by atoms with E-state index in [4.69, 9.17) is 14.7 Å². The molecule has 0 saturated heterocycles. The van der Waals surface area contributed by atoms with Gasteiger partial charge in [-0.3, -0.25) is 13.9 Å². The maximum absolute atomic E-state index is 13.1. The van der Waals surface area contributed by atoms with Crippen molar-refractivity contribution in [3.63, 3.8) is 0 Å². The lowest BCUT2D eigenvalue weighted by molar-refractivity contribution is 0.304. The zero-order chi connectivity index (χ0) is 27.7. The Balaban J connectivity index is 1.48. The molecule has 0 bridgehead atoms. The van der Waals surface area contributed by atoms with E-state index in [2.05, 4.69) is 15.8 Å². The molecule has 39 heavy (non-hydrogen) atoms. The summed E-state index contributed by atoms with van der Waals surface area (Å²) in [6.45, 7) is 0.242. The number of aromatic nitrogens is 4. The molecule has 0 spiro atoms. The van der Waals surface area contributed by atoms with Gasteiger partial charge in [0.05, 0.1) is 34.7 Å². The molecule has 0 aliphatic heterocycles. The molecule has 0 amide bonds. The fourth-order valence-electron chi connectivity index (χ4n) is 4.07. The number of aryl methyl sites for hydroxylation is 3. The monoisotopic (exact) mass is 544 g/mol. The molecule has 0 fully saturated rings. The van der Waals surface area contributed by atoms with Gasteiger partial charge in [0.25, 0.3) is 10.0 Å². The zero-order valence-electron chi connectivity index (χ0n) is 21.3. The van der Waals surface area contributed by atoms with E-state index in [9.17, 15) is 13.2 Å². The van der Waals surface area contributed by atoms with Crippen LogP contribution in [0.25, 0.3) is 11.0 Å². The largest absolute Gasteiger partial charge is 0.489 e. The van der Waals surface area contributed by atoms with Crippen LogP contribution in [0.2, 0.25) is 0 Å². The van der Waals surface area contributed by atoms with Gasteiger partial charge in [-0.1, -0.05) is 18.2 Å². The Morgan fingerprint density at radius 1 is 0.974 bits per heavy atom. The van der Waals surface area contributed by atoms with E-state index in [1.165, 1.54) is 26.2 Å². The van der Waals surface area contributed by atoms with Crippen LogP contribution in [0.5, 0.6) is 17.2 Å². The van der Waals surface area contributed by atoms with Gasteiger partial charge in [-0.2, -0.15) is 13.7 Å². The van der Waals surface area contributed by atoms with E-state index in [1.54, 1.807) is 75.7 Å². The van der Waals surface area contributed by atoms with Gasteiger partial charge >= 0.3 is 5.69 Å². The Bertz CT molecular complexity index is 1910. The standard InChI is InChI=1S/C27H24N6O5S/c1-31-15-26(29-17-31)39(35,36)30-22-12-23-24(33(3)27(34)32(23)2)13-25(22)38-21-9-5-8-20(11-21)37-16-19-7-4-6-18(10-19)14-28/h4-13,15,17,30H,16H2,1-3H3. The SMILES string of the molecule is Cn1cnc(S(=O)(=O)Nc2cc3c(cc2Oc2cccc(OCc4cccc(C#N)c4)c2)n(C)c(=O)n3C)c1. The van der Waals surface area contributed by atoms with Gasteiger partial charge in [-0.25, -0.2) is 9.78 Å². The van der Waals surface area contributed by atoms with E-state index < -0.39 is 10.0 Å². The number of fused-ring (bicyclic) bond motifs is 1. The van der Waals surface area contributed by atoms with Crippen molar-refractivity contribution < 1.29 is 17.9 Å². The third-order valence-corrected chi connectivity index (χ3v) is 7.32. The molecule has 5 aromatic rings. The lowest BCUT2D eigenvalue weighted by atomic mass is 10.1. The summed E-state index contributed by atoms with van der Waals surface area (Å²) < 4.78 is 45.1. The lowest BCUT2D eigenvalue weighted by Crippen LogP contribution is -2.19. The number of hydrogen-bond acceptors (Lipinski definition) is 7. The van der Waals surface area contributed by atoms with Crippen molar-refractivity contribution in [3.8, 4) is 23.3 Å². The van der Waals surface area contributed by atoms with E-state index in [1.807, 2.05) is 6.07 Å². The number of nitrogens with zero attached hydrogens (tertiary/aromatic N) is 5. The Hall–Kier alpha value is -5.02. The number of nitrogens with one attached hydrogen (secondary N) is 1. The van der Waals surface area contributed by atoms with E-state index in [0.29, 0.717) is 28.1 Å². The van der Waals surface area contributed by atoms with Gasteiger partial charge < -0.3 is 14.0 Å². The molecule has 0 radical (unpaired) electrons. The van der Waals surface area contributed by atoms with Gasteiger partial charge in [-0.15, -0.1) is 0 Å². The minimum Gasteiger partial charge on any atom is -0.489 e. The van der Waals surface area contributed by atoms with Crippen LogP contribution < -0.4 is 19.9 Å². The van der Waals surface area contributed by atoms with E-state index in [-0.39, 0.29) is 28.8 Å². The zero-order valence-corrected chi connectivity index (χ0v) is 22.1. The molecule has 2 heterocycles. The van der Waals surface area contributed by atoms with Crippen molar-refractivity contribution in [1.29, 1.82) is 5.26 Å². The molecule has 198 valence electrons. The molecule has 0 aliphatic carbocycles. The van der Waals surface area contributed by atoms with Crippen molar-refractivity contribution in [2.75, 3.05) is 4.72 Å². The van der Waals surface area contributed by atoms with Gasteiger partial charge in [0, 0.05) is 39.5 Å². The van der Waals surface area contributed by atoms with Gasteiger partial charge in [-0.05, 0) is 35.9 Å². The van der Waals surface area contributed by atoms with Crippen molar-refractivity contribution in [3.05, 3.63) is 94.8 Å². The summed E-state index contributed by atoms with van der Waals surface area (Å²) >= 11 is 0. The molecule has 5 rings (SSSR count). The van der Waals surface area contributed by atoms with Crippen LogP contribution in [0.4, 0.5) is 5.69 Å². The van der Waals surface area contributed by atoms with E-state index >= 15 is 0 Å². The van der Waals surface area contributed by atoms with Gasteiger partial charge in [0.2, 0.25) is 0 Å². The topological polar surface area (TPSA) is 133 Å². The normalized spacial score (nSPS) is 11.3. The minimum absolute atomic E-state index is 0.133. The quantitative estimate of drug-likeness (QED) is 0.315. The fourth-order valence-corrected chi connectivity index (χ4v) is 5.11. The summed E-state index contributed by atoms with van der Waals surface area (Å²) in [6, 6.07) is 19.2. The van der Waals surface area contributed by atoms with Gasteiger partial charge in [0.1, 0.15) is 18.1 Å². The summed E-state index contributed by atoms with van der Waals surface area (Å²) in [5, 5.41) is 8.95. The van der Waals surface area contributed by atoms with Crippen molar-refractivity contribution in [2.24, 2.45) is 21.1 Å². The average Bonchev–Trinajstić information content (AvgIpc) is 3.46. The Kier molecular flexibility index (Phi) is 6.59. The van der Waals surface area contributed by atoms with Crippen LogP contribution >= 0.6 is 0 Å². The predicted octanol–water partition coefficient (Wildman–Crippen LogP) is 3.65. The van der Waals surface area contributed by atoms with Crippen LogP contribution in [-0.2, 0) is 37.8 Å². The predicted molar refractivity (Wildman–Crippen MR) is 144 cm³/mol. The molecule has 2 aromatic heterocycles. The first-order valence-electron chi connectivity index (χ1n) is 11.7. The third kappa shape index (κ3) is 5.21. The summed E-state index contributed by atoms with van der Waals surface area (Å²) in [4.78, 5) is 16.5. The summed E-state index contributed by atoms with van der Waals surface area (Å²) in [7, 11) is 0.853. The molecule has 11 nitrogen and oxygen atoms in total. The first-order chi connectivity index (χ1) is 18.6. The number of rotatable bonds is 8. The number of anilines is 1. The number of sulfonamides is 1. The second-order valence-corrected chi connectivity index (χ2v) is 10.5. The number of nitriles is 1. The first kappa shape index (κ1) is 25.6. The molecule has 0 saturated carbocycles. The minimum atomic E-state index is -4.05. The molecule has 0 unspecified atom stereocenters. The second kappa shape index (κ2) is 10.0. The molecule has 12 heteroatoms. The number of imidazole rings is 2. The maximum atomic E-state index is 13.1. The highest BCUT2D eigenvalue weighted by molar-refractivity contribution is 7.92. The van der Waals surface area contributed by atoms with Crippen molar-refractivity contribution in [1.82, 2.24) is 18.7 Å².